The molecule has 1 aromatic carbocycles. The van der Waals surface area contributed by atoms with Gasteiger partial charge in [-0.3, -0.25) is 0 Å². The maximum atomic E-state index is 12.6. The number of nitrogens with one attached hydrogen (secondary N) is 1. The molecule has 0 unspecified atom stereocenters. The van der Waals surface area contributed by atoms with Gasteiger partial charge in [0.2, 0.25) is 0 Å². The van der Waals surface area contributed by atoms with Crippen molar-refractivity contribution in [1.82, 2.24) is 4.72 Å². The number of rotatable bonds is 4. The molecule has 0 aliphatic heterocycles. The second kappa shape index (κ2) is 7.33. The van der Waals surface area contributed by atoms with Gasteiger partial charge in [0.05, 0.1) is 10.5 Å². The van der Waals surface area contributed by atoms with Gasteiger partial charge in [-0.15, -0.1) is 0 Å². The van der Waals surface area contributed by atoms with Crippen LogP contribution >= 0.6 is 0 Å². The zero-order valence-electron chi connectivity index (χ0n) is 15.0. The number of benzene rings is 1. The van der Waals surface area contributed by atoms with Crippen molar-refractivity contribution in [2.45, 2.75) is 75.4 Å². The average molecular weight is 369 g/mol. The first-order chi connectivity index (χ1) is 11.5. The molecule has 1 aliphatic rings. The smallest absolute Gasteiger partial charge is 0.421 e. The molecule has 6 nitrogen and oxygen atoms in total. The Balaban J connectivity index is 2.22. The lowest BCUT2D eigenvalue weighted by Crippen LogP contribution is -2.38. The van der Waals surface area contributed by atoms with Crippen LogP contribution in [0.2, 0.25) is 0 Å². The molecule has 0 saturated heterocycles. The van der Waals surface area contributed by atoms with Crippen LogP contribution in [-0.4, -0.2) is 30.8 Å². The Bertz CT molecular complexity index is 715. The Labute approximate surface area is 149 Å². The van der Waals surface area contributed by atoms with E-state index in [0.29, 0.717) is 18.4 Å². The Kier molecular flexibility index (Phi) is 5.79. The van der Waals surface area contributed by atoms with E-state index in [2.05, 4.69) is 0 Å². The lowest BCUT2D eigenvalue weighted by molar-refractivity contribution is 0.00397. The zero-order valence-corrected chi connectivity index (χ0v) is 15.9. The van der Waals surface area contributed by atoms with E-state index >= 15 is 0 Å². The molecule has 2 N–H and O–H groups in total. The van der Waals surface area contributed by atoms with Gasteiger partial charge in [0.15, 0.2) is 0 Å². The van der Waals surface area contributed by atoms with E-state index in [1.807, 2.05) is 4.72 Å². The summed E-state index contributed by atoms with van der Waals surface area (Å²) in [5, 5.41) is 10.7. The summed E-state index contributed by atoms with van der Waals surface area (Å²) < 4.78 is 32.2. The highest BCUT2D eigenvalue weighted by Gasteiger charge is 2.32. The molecular weight excluding hydrogens is 342 g/mol. The summed E-state index contributed by atoms with van der Waals surface area (Å²) >= 11 is 0. The van der Waals surface area contributed by atoms with E-state index in [1.54, 1.807) is 39.0 Å². The number of amides is 1. The number of carbonyl (C=O) groups excluding carboxylic acids is 1. The highest BCUT2D eigenvalue weighted by atomic mass is 32.2. The fraction of sp³-hybridized carbons (Fsp3) is 0.611. The van der Waals surface area contributed by atoms with Crippen LogP contribution in [-0.2, 0) is 21.2 Å². The molecule has 140 valence electrons. The van der Waals surface area contributed by atoms with Crippen molar-refractivity contribution in [3.05, 3.63) is 29.8 Å². The van der Waals surface area contributed by atoms with Gasteiger partial charge in [-0.05, 0) is 45.2 Å². The summed E-state index contributed by atoms with van der Waals surface area (Å²) in [5.41, 5.74) is -1.19. The van der Waals surface area contributed by atoms with Crippen molar-refractivity contribution in [3.63, 3.8) is 0 Å². The molecule has 0 atom stereocenters. The lowest BCUT2D eigenvalue weighted by atomic mass is 9.80. The molecule has 7 heteroatoms. The Morgan fingerprint density at radius 2 is 1.80 bits per heavy atom. The minimum atomic E-state index is -4.08. The van der Waals surface area contributed by atoms with Gasteiger partial charge >= 0.3 is 6.09 Å². The molecule has 0 bridgehead atoms. The van der Waals surface area contributed by atoms with E-state index in [4.69, 9.17) is 4.74 Å². The van der Waals surface area contributed by atoms with Crippen molar-refractivity contribution in [1.29, 1.82) is 0 Å². The van der Waals surface area contributed by atoms with Gasteiger partial charge in [0.25, 0.3) is 10.0 Å². The number of hydrogen-bond acceptors (Lipinski definition) is 5. The first kappa shape index (κ1) is 19.7. The van der Waals surface area contributed by atoms with Crippen molar-refractivity contribution in [3.8, 4) is 0 Å². The topological polar surface area (TPSA) is 92.7 Å². The number of hydrogen-bond donors (Lipinski definition) is 2. The van der Waals surface area contributed by atoms with E-state index in [1.165, 1.54) is 6.07 Å². The average Bonchev–Trinajstić information content (AvgIpc) is 2.45. The predicted molar refractivity (Wildman–Crippen MR) is 94.7 cm³/mol. The van der Waals surface area contributed by atoms with E-state index in [0.717, 1.165) is 19.3 Å². The molecular formula is C18H27NO5S. The minimum absolute atomic E-state index is 0.000132. The van der Waals surface area contributed by atoms with Gasteiger partial charge in [0.1, 0.15) is 5.60 Å². The fourth-order valence-electron chi connectivity index (χ4n) is 3.12. The number of ether oxygens (including phenoxy) is 1. The SMILES string of the molecule is CC(C)(C)OC(=O)NS(=O)(=O)c1ccccc1CC1(O)CCCCC1. The molecule has 1 aliphatic carbocycles. The monoisotopic (exact) mass is 369 g/mol. The molecule has 1 amide bonds. The first-order valence-electron chi connectivity index (χ1n) is 8.57. The van der Waals surface area contributed by atoms with Crippen LogP contribution < -0.4 is 4.72 Å². The molecule has 25 heavy (non-hydrogen) atoms. The Hall–Kier alpha value is -1.60. The number of aliphatic hydroxyl groups is 1. The van der Waals surface area contributed by atoms with Crippen LogP contribution in [0.3, 0.4) is 0 Å². The quantitative estimate of drug-likeness (QED) is 0.850. The highest BCUT2D eigenvalue weighted by molar-refractivity contribution is 7.90. The zero-order chi connectivity index (χ0) is 18.7. The van der Waals surface area contributed by atoms with E-state index in [9.17, 15) is 18.3 Å². The number of carbonyl (C=O) groups is 1. The van der Waals surface area contributed by atoms with Crippen molar-refractivity contribution >= 4 is 16.1 Å². The molecule has 2 rings (SSSR count). The summed E-state index contributed by atoms with van der Waals surface area (Å²) in [7, 11) is -4.08. The second-order valence-corrected chi connectivity index (χ2v) is 9.33. The van der Waals surface area contributed by atoms with Crippen LogP contribution in [0.15, 0.2) is 29.2 Å². The largest absolute Gasteiger partial charge is 0.443 e. The standard InChI is InChI=1S/C18H27NO5S/c1-17(2,3)24-16(20)19-25(22,23)15-10-6-5-9-14(15)13-18(21)11-7-4-8-12-18/h5-6,9-10,21H,4,7-8,11-13H2,1-3H3,(H,19,20). The molecule has 1 aromatic rings. The third-order valence-electron chi connectivity index (χ3n) is 4.18. The summed E-state index contributed by atoms with van der Waals surface area (Å²) in [6.07, 6.45) is 3.49. The summed E-state index contributed by atoms with van der Waals surface area (Å²) in [5.74, 6) is 0. The first-order valence-corrected chi connectivity index (χ1v) is 10.1. The summed E-state index contributed by atoms with van der Waals surface area (Å²) in [6, 6.07) is 6.44. The van der Waals surface area contributed by atoms with Crippen molar-refractivity contribution in [2.75, 3.05) is 0 Å². The molecule has 1 saturated carbocycles. The Morgan fingerprint density at radius 3 is 2.40 bits per heavy atom. The summed E-state index contributed by atoms with van der Waals surface area (Å²) in [4.78, 5) is 11.8. The van der Waals surface area contributed by atoms with Crippen LogP contribution in [0, 0.1) is 0 Å². The van der Waals surface area contributed by atoms with Gasteiger partial charge in [-0.2, -0.15) is 0 Å². The highest BCUT2D eigenvalue weighted by Crippen LogP contribution is 2.32. The normalized spacial score (nSPS) is 17.8. The van der Waals surface area contributed by atoms with Crippen LogP contribution in [0.4, 0.5) is 4.79 Å². The lowest BCUT2D eigenvalue weighted by Gasteiger charge is -2.32. The molecule has 0 radical (unpaired) electrons. The summed E-state index contributed by atoms with van der Waals surface area (Å²) in [6.45, 7) is 4.98. The third-order valence-corrected chi connectivity index (χ3v) is 5.60. The van der Waals surface area contributed by atoms with Crippen LogP contribution in [0.25, 0.3) is 0 Å². The van der Waals surface area contributed by atoms with E-state index in [-0.39, 0.29) is 11.3 Å². The maximum absolute atomic E-state index is 12.6. The van der Waals surface area contributed by atoms with E-state index < -0.39 is 27.3 Å². The molecule has 1 fully saturated rings. The molecule has 0 aromatic heterocycles. The number of sulfonamides is 1. The minimum Gasteiger partial charge on any atom is -0.443 e. The van der Waals surface area contributed by atoms with Crippen LogP contribution in [0.1, 0.15) is 58.4 Å². The molecule has 0 spiro atoms. The van der Waals surface area contributed by atoms with Crippen LogP contribution in [0.5, 0.6) is 0 Å². The third kappa shape index (κ3) is 5.71. The van der Waals surface area contributed by atoms with Gasteiger partial charge < -0.3 is 9.84 Å². The Morgan fingerprint density at radius 1 is 1.20 bits per heavy atom. The predicted octanol–water partition coefficient (Wildman–Crippen LogP) is 3.14. The van der Waals surface area contributed by atoms with Gasteiger partial charge in [-0.25, -0.2) is 17.9 Å². The van der Waals surface area contributed by atoms with Crippen molar-refractivity contribution < 1.29 is 23.1 Å². The second-order valence-electron chi connectivity index (χ2n) is 7.68. The molecule has 0 heterocycles. The van der Waals surface area contributed by atoms with Gasteiger partial charge in [0, 0.05) is 6.42 Å². The maximum Gasteiger partial charge on any atom is 0.421 e. The van der Waals surface area contributed by atoms with Crippen molar-refractivity contribution in [2.24, 2.45) is 0 Å². The fourth-order valence-corrected chi connectivity index (χ4v) is 4.23. The van der Waals surface area contributed by atoms with Gasteiger partial charge in [-0.1, -0.05) is 37.5 Å².